The van der Waals surface area contributed by atoms with Crippen molar-refractivity contribution in [1.82, 2.24) is 15.5 Å². The Morgan fingerprint density at radius 2 is 2.25 bits per heavy atom. The zero-order valence-corrected chi connectivity index (χ0v) is 11.2. The number of halogens is 2. The molecule has 1 aromatic heterocycles. The minimum Gasteiger partial charge on any atom is -0.349 e. The lowest BCUT2D eigenvalue weighted by Gasteiger charge is -2.12. The molecule has 1 rings (SSSR count). The molecule has 0 aliphatic heterocycles. The van der Waals surface area contributed by atoms with E-state index in [1.807, 2.05) is 13.2 Å². The molecule has 0 bridgehead atoms. The number of nitrogens with one attached hydrogen (secondary N) is 1. The zero-order chi connectivity index (χ0) is 12.1. The van der Waals surface area contributed by atoms with Gasteiger partial charge in [0.1, 0.15) is 0 Å². The summed E-state index contributed by atoms with van der Waals surface area (Å²) in [5.74, 6) is 0.540. The van der Waals surface area contributed by atoms with Gasteiger partial charge in [0.05, 0.1) is 5.56 Å². The number of carbonyl (C=O) groups excluding carboxylic acids is 1. The van der Waals surface area contributed by atoms with Gasteiger partial charge in [0.25, 0.3) is 5.91 Å². The average Bonchev–Trinajstić information content (AvgIpc) is 2.21. The molecule has 1 N–H and O–H groups in total. The van der Waals surface area contributed by atoms with E-state index in [1.54, 1.807) is 11.8 Å². The molecule has 1 amide bonds. The molecular weight excluding hydrogens is 269 g/mol. The summed E-state index contributed by atoms with van der Waals surface area (Å²) in [6.07, 6.45) is 1.97. The highest BCUT2D eigenvalue weighted by Crippen LogP contribution is 2.15. The third kappa shape index (κ3) is 3.81. The highest BCUT2D eigenvalue weighted by Gasteiger charge is 2.14. The zero-order valence-electron chi connectivity index (χ0n) is 8.83. The Hall–Kier alpha value is -0.520. The lowest BCUT2D eigenvalue weighted by Crippen LogP contribution is -2.34. The van der Waals surface area contributed by atoms with Crippen LogP contribution in [0.15, 0.2) is 6.07 Å². The quantitative estimate of drug-likeness (QED) is 0.919. The first-order valence-corrected chi connectivity index (χ1v) is 6.68. The van der Waals surface area contributed by atoms with Crippen LogP contribution in [0.1, 0.15) is 17.3 Å². The molecule has 0 spiro atoms. The van der Waals surface area contributed by atoms with Crippen molar-refractivity contribution < 1.29 is 4.79 Å². The van der Waals surface area contributed by atoms with E-state index < -0.39 is 0 Å². The van der Waals surface area contributed by atoms with Gasteiger partial charge in [-0.3, -0.25) is 4.79 Å². The maximum absolute atomic E-state index is 11.8. The third-order valence-corrected chi connectivity index (χ3v) is 3.06. The molecule has 1 heterocycles. The maximum atomic E-state index is 11.8. The van der Waals surface area contributed by atoms with E-state index >= 15 is 0 Å². The highest BCUT2D eigenvalue weighted by molar-refractivity contribution is 7.98. The number of hydrogen-bond acceptors (Lipinski definition) is 4. The summed E-state index contributed by atoms with van der Waals surface area (Å²) in [4.78, 5) is 11.8. The van der Waals surface area contributed by atoms with E-state index in [4.69, 9.17) is 23.2 Å². The number of aromatic nitrogens is 2. The van der Waals surface area contributed by atoms with Crippen LogP contribution >= 0.6 is 35.0 Å². The number of amides is 1. The molecular formula is C9H11Cl2N3OS. The van der Waals surface area contributed by atoms with Gasteiger partial charge in [-0.2, -0.15) is 11.8 Å². The van der Waals surface area contributed by atoms with Crippen molar-refractivity contribution in [3.63, 3.8) is 0 Å². The summed E-state index contributed by atoms with van der Waals surface area (Å²) in [5, 5.41) is 10.1. The molecule has 0 aliphatic rings. The number of rotatable bonds is 4. The van der Waals surface area contributed by atoms with Crippen LogP contribution in [0, 0.1) is 0 Å². The molecule has 0 fully saturated rings. The second kappa shape index (κ2) is 6.27. The minimum absolute atomic E-state index is 0.0539. The first-order chi connectivity index (χ1) is 7.54. The molecule has 7 heteroatoms. The van der Waals surface area contributed by atoms with Crippen molar-refractivity contribution in [2.75, 3.05) is 12.0 Å². The van der Waals surface area contributed by atoms with Crippen LogP contribution in [0.25, 0.3) is 0 Å². The Morgan fingerprint density at radius 3 is 2.88 bits per heavy atom. The van der Waals surface area contributed by atoms with Crippen LogP contribution in [0.3, 0.4) is 0 Å². The molecule has 0 saturated carbocycles. The Morgan fingerprint density at radius 1 is 1.56 bits per heavy atom. The van der Waals surface area contributed by atoms with E-state index in [1.165, 1.54) is 6.07 Å². The summed E-state index contributed by atoms with van der Waals surface area (Å²) in [5.41, 5.74) is 0.245. The fourth-order valence-corrected chi connectivity index (χ4v) is 2.01. The fraction of sp³-hybridized carbons (Fsp3) is 0.444. The molecule has 0 radical (unpaired) electrons. The van der Waals surface area contributed by atoms with Crippen molar-refractivity contribution in [2.24, 2.45) is 0 Å². The van der Waals surface area contributed by atoms with Crippen LogP contribution < -0.4 is 5.32 Å². The molecule has 4 nitrogen and oxygen atoms in total. The first-order valence-electron chi connectivity index (χ1n) is 4.53. The van der Waals surface area contributed by atoms with Crippen molar-refractivity contribution in [3.05, 3.63) is 21.9 Å². The highest BCUT2D eigenvalue weighted by atomic mass is 35.5. The Bertz CT molecular complexity index is 389. The number of nitrogens with zero attached hydrogens (tertiary/aromatic N) is 2. The van der Waals surface area contributed by atoms with Crippen LogP contribution in [-0.2, 0) is 0 Å². The smallest absolute Gasteiger partial charge is 0.254 e. The van der Waals surface area contributed by atoms with Crippen LogP contribution in [0.2, 0.25) is 10.3 Å². The lowest BCUT2D eigenvalue weighted by atomic mass is 10.2. The predicted molar refractivity (Wildman–Crippen MR) is 67.4 cm³/mol. The standard InChI is InChI=1S/C9H11Cl2N3OS/c1-5(4-16-2)12-9(15)6-3-7(10)13-14-8(6)11/h3,5H,4H2,1-2H3,(H,12,15). The van der Waals surface area contributed by atoms with Gasteiger partial charge in [-0.25, -0.2) is 0 Å². The largest absolute Gasteiger partial charge is 0.349 e. The second-order valence-corrected chi connectivity index (χ2v) is 4.86. The lowest BCUT2D eigenvalue weighted by molar-refractivity contribution is 0.0943. The van der Waals surface area contributed by atoms with Crippen molar-refractivity contribution >= 4 is 40.9 Å². The normalized spacial score (nSPS) is 12.2. The Kier molecular flexibility index (Phi) is 5.31. The van der Waals surface area contributed by atoms with Gasteiger partial charge in [-0.05, 0) is 19.2 Å². The first kappa shape index (κ1) is 13.5. The van der Waals surface area contributed by atoms with Crippen LogP contribution in [-0.4, -0.2) is 34.2 Å². The van der Waals surface area contributed by atoms with Gasteiger partial charge in [0.15, 0.2) is 10.3 Å². The fourth-order valence-electron chi connectivity index (χ4n) is 1.11. The summed E-state index contributed by atoms with van der Waals surface area (Å²) >= 11 is 13.0. The summed E-state index contributed by atoms with van der Waals surface area (Å²) < 4.78 is 0. The third-order valence-electron chi connectivity index (χ3n) is 1.76. The SMILES string of the molecule is CSCC(C)NC(=O)c1cc(Cl)nnc1Cl. The van der Waals surface area contributed by atoms with Crippen LogP contribution in [0.5, 0.6) is 0 Å². The van der Waals surface area contributed by atoms with Crippen molar-refractivity contribution in [3.8, 4) is 0 Å². The Labute approximate surface area is 108 Å². The van der Waals surface area contributed by atoms with E-state index in [9.17, 15) is 4.79 Å². The molecule has 1 unspecified atom stereocenters. The summed E-state index contributed by atoms with van der Waals surface area (Å²) in [6.45, 7) is 1.92. The van der Waals surface area contributed by atoms with Gasteiger partial charge in [0.2, 0.25) is 0 Å². The topological polar surface area (TPSA) is 54.9 Å². The van der Waals surface area contributed by atoms with Crippen LogP contribution in [0.4, 0.5) is 0 Å². The van der Waals surface area contributed by atoms with Crippen molar-refractivity contribution in [2.45, 2.75) is 13.0 Å². The van der Waals surface area contributed by atoms with Gasteiger partial charge in [0, 0.05) is 11.8 Å². The number of carbonyl (C=O) groups is 1. The van der Waals surface area contributed by atoms with Gasteiger partial charge in [-0.15, -0.1) is 10.2 Å². The van der Waals surface area contributed by atoms with Gasteiger partial charge in [-0.1, -0.05) is 23.2 Å². The molecule has 0 saturated heterocycles. The molecule has 0 aromatic carbocycles. The monoisotopic (exact) mass is 279 g/mol. The van der Waals surface area contributed by atoms with Gasteiger partial charge >= 0.3 is 0 Å². The summed E-state index contributed by atoms with van der Waals surface area (Å²) in [7, 11) is 0. The van der Waals surface area contributed by atoms with E-state index in [0.717, 1.165) is 5.75 Å². The maximum Gasteiger partial charge on any atom is 0.254 e. The predicted octanol–water partition coefficient (Wildman–Crippen LogP) is 2.26. The molecule has 16 heavy (non-hydrogen) atoms. The molecule has 88 valence electrons. The van der Waals surface area contributed by atoms with Gasteiger partial charge < -0.3 is 5.32 Å². The minimum atomic E-state index is -0.289. The number of thioether (sulfide) groups is 1. The number of hydrogen-bond donors (Lipinski definition) is 1. The van der Waals surface area contributed by atoms with E-state index in [-0.39, 0.29) is 27.8 Å². The second-order valence-electron chi connectivity index (χ2n) is 3.20. The Balaban J connectivity index is 2.76. The average molecular weight is 280 g/mol. The van der Waals surface area contributed by atoms with E-state index in [0.29, 0.717) is 0 Å². The molecule has 0 aliphatic carbocycles. The van der Waals surface area contributed by atoms with E-state index in [2.05, 4.69) is 15.5 Å². The summed E-state index contributed by atoms with van der Waals surface area (Å²) in [6, 6.07) is 1.46. The van der Waals surface area contributed by atoms with Crippen molar-refractivity contribution in [1.29, 1.82) is 0 Å². The molecule has 1 atom stereocenters. The molecule has 1 aromatic rings.